The first-order chi connectivity index (χ1) is 12.1. The van der Waals surface area contributed by atoms with Gasteiger partial charge in [0.1, 0.15) is 11.3 Å². The first-order valence-electron chi connectivity index (χ1n) is 8.03. The number of aromatic hydroxyl groups is 1. The lowest BCUT2D eigenvalue weighted by Crippen LogP contribution is -2.48. The number of ether oxygens (including phenoxy) is 1. The van der Waals surface area contributed by atoms with E-state index in [0.717, 1.165) is 0 Å². The lowest BCUT2D eigenvalue weighted by atomic mass is 9.80. The fourth-order valence-corrected chi connectivity index (χ4v) is 3.73. The Morgan fingerprint density at radius 3 is 2.92 bits per heavy atom. The van der Waals surface area contributed by atoms with E-state index >= 15 is 0 Å². The fourth-order valence-electron chi connectivity index (χ4n) is 3.45. The molecule has 0 amide bonds. The number of pyridine rings is 1. The van der Waals surface area contributed by atoms with Crippen LogP contribution in [0.4, 0.5) is 0 Å². The Bertz CT molecular complexity index is 908. The first-order valence-corrected chi connectivity index (χ1v) is 8.41. The smallest absolute Gasteiger partial charge is 0.165 e. The van der Waals surface area contributed by atoms with E-state index in [0.29, 0.717) is 21.5 Å². The number of phenols is 1. The number of aliphatic hydroxyl groups is 1. The van der Waals surface area contributed by atoms with Gasteiger partial charge in [-0.15, -0.1) is 0 Å². The maximum absolute atomic E-state index is 12.8. The third-order valence-electron chi connectivity index (χ3n) is 4.75. The van der Waals surface area contributed by atoms with Gasteiger partial charge in [-0.1, -0.05) is 35.9 Å². The van der Waals surface area contributed by atoms with Crippen molar-refractivity contribution in [2.45, 2.75) is 18.8 Å². The van der Waals surface area contributed by atoms with Crippen LogP contribution in [-0.2, 0) is 16.0 Å². The second-order valence-electron chi connectivity index (χ2n) is 6.27. The molecule has 1 aromatic carbocycles. The van der Waals surface area contributed by atoms with Gasteiger partial charge in [-0.05, 0) is 30.2 Å². The number of aliphatic hydroxyl groups excluding tert-OH is 1. The minimum absolute atomic E-state index is 0.0267. The van der Waals surface area contributed by atoms with Crippen molar-refractivity contribution in [1.29, 1.82) is 0 Å². The van der Waals surface area contributed by atoms with Crippen LogP contribution in [0.15, 0.2) is 48.7 Å². The minimum Gasteiger partial charge on any atom is -0.505 e. The summed E-state index contributed by atoms with van der Waals surface area (Å²) in [4.78, 5) is 16.9. The predicted octanol–water partition coefficient (Wildman–Crippen LogP) is 2.78. The highest BCUT2D eigenvalue weighted by molar-refractivity contribution is 6.35. The fraction of sp³-hybridized carbons (Fsp3) is 0.263. The molecule has 128 valence electrons. The Morgan fingerprint density at radius 1 is 1.28 bits per heavy atom. The summed E-state index contributed by atoms with van der Waals surface area (Å²) in [5.41, 5.74) is 0.841. The number of benzene rings is 1. The predicted molar refractivity (Wildman–Crippen MR) is 93.3 cm³/mol. The number of rotatable bonds is 2. The van der Waals surface area contributed by atoms with E-state index in [9.17, 15) is 15.0 Å². The molecule has 2 aromatic rings. The molecule has 1 aromatic heterocycles. The van der Waals surface area contributed by atoms with E-state index in [1.54, 1.807) is 48.7 Å². The highest BCUT2D eigenvalue weighted by atomic mass is 35.5. The maximum Gasteiger partial charge on any atom is 0.165 e. The van der Waals surface area contributed by atoms with E-state index < -0.39 is 24.2 Å². The van der Waals surface area contributed by atoms with Crippen molar-refractivity contribution in [3.63, 3.8) is 0 Å². The molecule has 5 nitrogen and oxygen atoms in total. The summed E-state index contributed by atoms with van der Waals surface area (Å²) >= 11 is 6.29. The molecule has 0 bridgehead atoms. The van der Waals surface area contributed by atoms with E-state index in [4.69, 9.17) is 16.3 Å². The summed E-state index contributed by atoms with van der Waals surface area (Å²) in [5.74, 6) is -1.34. The van der Waals surface area contributed by atoms with Gasteiger partial charge in [0.25, 0.3) is 0 Å². The molecule has 1 aliphatic carbocycles. The van der Waals surface area contributed by atoms with Gasteiger partial charge < -0.3 is 14.9 Å². The minimum atomic E-state index is -1.23. The van der Waals surface area contributed by atoms with Crippen LogP contribution in [0, 0.1) is 11.8 Å². The van der Waals surface area contributed by atoms with Gasteiger partial charge in [0.05, 0.1) is 23.0 Å². The Kier molecular flexibility index (Phi) is 4.07. The number of halogens is 1. The van der Waals surface area contributed by atoms with E-state index in [2.05, 4.69) is 4.98 Å². The summed E-state index contributed by atoms with van der Waals surface area (Å²) in [7, 11) is 0. The van der Waals surface area contributed by atoms with Crippen LogP contribution in [-0.4, -0.2) is 33.4 Å². The molecule has 2 N–H and O–H groups in total. The zero-order valence-electron chi connectivity index (χ0n) is 13.2. The molecule has 4 atom stereocenters. The first kappa shape index (κ1) is 16.3. The van der Waals surface area contributed by atoms with Crippen LogP contribution in [0.2, 0.25) is 5.02 Å². The normalized spacial score (nSPS) is 28.3. The molecular formula is C19H16ClNO4. The number of ketones is 1. The Labute approximate surface area is 149 Å². The molecule has 0 radical (unpaired) electrons. The summed E-state index contributed by atoms with van der Waals surface area (Å²) in [6.07, 6.45) is 7.14. The van der Waals surface area contributed by atoms with Crippen molar-refractivity contribution in [2.75, 3.05) is 0 Å². The summed E-state index contributed by atoms with van der Waals surface area (Å²) in [6, 6.07) is 5.11. The molecule has 1 fully saturated rings. The number of nitrogens with zero attached hydrogens (tertiary/aromatic N) is 1. The third-order valence-corrected chi connectivity index (χ3v) is 5.07. The molecule has 6 heteroatoms. The average Bonchev–Trinajstić information content (AvgIpc) is 2.62. The van der Waals surface area contributed by atoms with Crippen molar-refractivity contribution in [3.05, 3.63) is 59.3 Å². The van der Waals surface area contributed by atoms with Crippen LogP contribution >= 0.6 is 11.6 Å². The Hall–Kier alpha value is -2.21. The van der Waals surface area contributed by atoms with Gasteiger partial charge in [0.15, 0.2) is 12.1 Å². The summed E-state index contributed by atoms with van der Waals surface area (Å²) in [6.45, 7) is 0. The van der Waals surface area contributed by atoms with Crippen molar-refractivity contribution >= 4 is 28.3 Å². The number of hydrogen-bond acceptors (Lipinski definition) is 5. The molecular weight excluding hydrogens is 342 g/mol. The number of phenolic OH excluding ortho intramolecular Hbond substituents is 1. The van der Waals surface area contributed by atoms with E-state index in [1.165, 1.54) is 0 Å². The monoisotopic (exact) mass is 357 g/mol. The molecule has 0 spiro atoms. The van der Waals surface area contributed by atoms with Crippen LogP contribution in [0.3, 0.4) is 0 Å². The van der Waals surface area contributed by atoms with Crippen LogP contribution in [0.5, 0.6) is 5.75 Å². The molecule has 25 heavy (non-hydrogen) atoms. The van der Waals surface area contributed by atoms with Gasteiger partial charge in [-0.25, -0.2) is 0 Å². The van der Waals surface area contributed by atoms with Gasteiger partial charge in [0.2, 0.25) is 0 Å². The van der Waals surface area contributed by atoms with Gasteiger partial charge in [-0.2, -0.15) is 0 Å². The number of fused-ring (bicyclic) bond motifs is 2. The largest absolute Gasteiger partial charge is 0.505 e. The molecule has 1 aliphatic heterocycles. The lowest BCUT2D eigenvalue weighted by molar-refractivity contribution is -0.194. The van der Waals surface area contributed by atoms with Crippen molar-refractivity contribution in [3.8, 4) is 5.75 Å². The molecule has 2 aliphatic rings. The number of allylic oxidation sites excluding steroid dienone is 2. The van der Waals surface area contributed by atoms with Crippen LogP contribution in [0.1, 0.15) is 5.56 Å². The highest BCUT2D eigenvalue weighted by Gasteiger charge is 2.42. The maximum atomic E-state index is 12.8. The second-order valence-corrected chi connectivity index (χ2v) is 6.67. The quantitative estimate of drug-likeness (QED) is 0.864. The number of carbonyl (C=O) groups is 1. The SMILES string of the molecule is O=C1C2C=CC=CC2OC(O)C1Cc1cc(Cl)c2cccnc2c1O. The molecule has 4 rings (SSSR count). The van der Waals surface area contributed by atoms with E-state index in [-0.39, 0.29) is 18.0 Å². The lowest BCUT2D eigenvalue weighted by Gasteiger charge is -2.36. The van der Waals surface area contributed by atoms with Gasteiger partial charge in [0, 0.05) is 11.6 Å². The second kappa shape index (κ2) is 6.26. The zero-order valence-corrected chi connectivity index (χ0v) is 13.9. The number of aromatic nitrogens is 1. The third kappa shape index (κ3) is 2.74. The summed E-state index contributed by atoms with van der Waals surface area (Å²) < 4.78 is 5.57. The topological polar surface area (TPSA) is 79.7 Å². The Morgan fingerprint density at radius 2 is 2.08 bits per heavy atom. The average molecular weight is 358 g/mol. The van der Waals surface area contributed by atoms with Crippen molar-refractivity contribution in [2.24, 2.45) is 11.8 Å². The van der Waals surface area contributed by atoms with Crippen LogP contribution in [0.25, 0.3) is 10.9 Å². The number of Topliss-reactive ketones (excluding diaryl/α,β-unsaturated/α-hetero) is 1. The standard InChI is InChI=1S/C19H16ClNO4/c20-14-9-10(17(22)16-11(14)5-3-7-21-16)8-13-18(23)12-4-1-2-6-15(12)25-19(13)24/h1-7,9,12-13,15,19,22,24H,8H2. The molecule has 4 unspecified atom stereocenters. The van der Waals surface area contributed by atoms with E-state index in [1.807, 2.05) is 0 Å². The molecule has 0 saturated carbocycles. The van der Waals surface area contributed by atoms with Crippen molar-refractivity contribution in [1.82, 2.24) is 4.98 Å². The van der Waals surface area contributed by atoms with Crippen LogP contribution < -0.4 is 0 Å². The highest BCUT2D eigenvalue weighted by Crippen LogP contribution is 2.37. The number of hydrogen-bond donors (Lipinski definition) is 2. The van der Waals surface area contributed by atoms with Gasteiger partial charge >= 0.3 is 0 Å². The van der Waals surface area contributed by atoms with Crippen molar-refractivity contribution < 1.29 is 19.7 Å². The zero-order chi connectivity index (χ0) is 17.6. The molecule has 2 heterocycles. The molecule has 1 saturated heterocycles. The summed E-state index contributed by atoms with van der Waals surface area (Å²) in [5, 5.41) is 21.9. The Balaban J connectivity index is 1.69. The number of carbonyl (C=O) groups excluding carboxylic acids is 1. The van der Waals surface area contributed by atoms with Gasteiger partial charge in [-0.3, -0.25) is 9.78 Å².